The third-order valence-electron chi connectivity index (χ3n) is 7.60. The second-order valence-corrected chi connectivity index (χ2v) is 11.3. The number of rotatable bonds is 4. The van der Waals surface area contributed by atoms with Crippen LogP contribution in [0, 0.1) is 0 Å². The highest BCUT2D eigenvalue weighted by molar-refractivity contribution is 7.84. The van der Waals surface area contributed by atoms with Crippen molar-refractivity contribution in [3.8, 4) is 0 Å². The molecule has 9 heteroatoms. The lowest BCUT2D eigenvalue weighted by Gasteiger charge is -2.41. The number of fused-ring (bicyclic) bond motifs is 2. The predicted octanol–water partition coefficient (Wildman–Crippen LogP) is 3.32. The Bertz CT molecular complexity index is 1390. The SMILES string of the molecule is CC1C(=O)N(C)c2ccc(N3C(c4cccnc4)c4cccc(S(C)=O)c4C3(C)O)nc2N1C1CC1. The van der Waals surface area contributed by atoms with Crippen molar-refractivity contribution in [3.63, 3.8) is 0 Å². The molecular weight excluding hydrogens is 474 g/mol. The number of nitrogens with zero attached hydrogens (tertiary/aromatic N) is 5. The van der Waals surface area contributed by atoms with Crippen LogP contribution in [0.2, 0.25) is 0 Å². The van der Waals surface area contributed by atoms with Crippen LogP contribution < -0.4 is 14.7 Å². The molecule has 1 saturated carbocycles. The van der Waals surface area contributed by atoms with E-state index in [1.54, 1.807) is 37.5 Å². The summed E-state index contributed by atoms with van der Waals surface area (Å²) < 4.78 is 12.7. The Morgan fingerprint density at radius 1 is 1.14 bits per heavy atom. The van der Waals surface area contributed by atoms with Crippen LogP contribution in [0.1, 0.15) is 49.4 Å². The molecule has 2 aromatic heterocycles. The number of hydrogen-bond acceptors (Lipinski definition) is 7. The van der Waals surface area contributed by atoms with Crippen molar-refractivity contribution in [2.45, 2.75) is 55.4 Å². The molecule has 4 unspecified atom stereocenters. The average molecular weight is 504 g/mol. The van der Waals surface area contributed by atoms with Crippen LogP contribution >= 0.6 is 0 Å². The number of carbonyl (C=O) groups excluding carboxylic acids is 1. The average Bonchev–Trinajstić information content (AvgIpc) is 3.67. The summed E-state index contributed by atoms with van der Waals surface area (Å²) in [7, 11) is 0.490. The lowest BCUT2D eigenvalue weighted by Crippen LogP contribution is -2.52. The normalized spacial score (nSPS) is 26.1. The first-order chi connectivity index (χ1) is 17.2. The van der Waals surface area contributed by atoms with Crippen molar-refractivity contribution < 1.29 is 14.1 Å². The molecule has 1 fully saturated rings. The summed E-state index contributed by atoms with van der Waals surface area (Å²) in [4.78, 5) is 28.7. The van der Waals surface area contributed by atoms with E-state index in [9.17, 15) is 14.1 Å². The highest BCUT2D eigenvalue weighted by atomic mass is 32.2. The quantitative estimate of drug-likeness (QED) is 0.584. The topological polar surface area (TPSA) is 89.9 Å². The van der Waals surface area contributed by atoms with Gasteiger partial charge in [0.25, 0.3) is 0 Å². The van der Waals surface area contributed by atoms with Gasteiger partial charge in [0.1, 0.15) is 11.9 Å². The van der Waals surface area contributed by atoms with Gasteiger partial charge in [-0.05, 0) is 62.1 Å². The highest BCUT2D eigenvalue weighted by Crippen LogP contribution is 2.52. The fraction of sp³-hybridized carbons (Fsp3) is 0.370. The molecular formula is C27H29N5O3S. The van der Waals surface area contributed by atoms with Crippen LogP contribution in [0.5, 0.6) is 0 Å². The molecule has 1 aromatic carbocycles. The smallest absolute Gasteiger partial charge is 0.249 e. The molecule has 36 heavy (non-hydrogen) atoms. The number of amides is 1. The summed E-state index contributed by atoms with van der Waals surface area (Å²) in [6.07, 6.45) is 7.21. The van der Waals surface area contributed by atoms with E-state index < -0.39 is 16.5 Å². The summed E-state index contributed by atoms with van der Waals surface area (Å²) in [6.45, 7) is 3.66. The molecule has 0 spiro atoms. The predicted molar refractivity (Wildman–Crippen MR) is 140 cm³/mol. The first-order valence-electron chi connectivity index (χ1n) is 12.2. The van der Waals surface area contributed by atoms with Gasteiger partial charge in [0, 0.05) is 42.2 Å². The van der Waals surface area contributed by atoms with Gasteiger partial charge in [-0.3, -0.25) is 14.0 Å². The number of benzene rings is 1. The number of aliphatic hydroxyl groups is 1. The van der Waals surface area contributed by atoms with Gasteiger partial charge in [-0.25, -0.2) is 4.98 Å². The van der Waals surface area contributed by atoms with E-state index in [1.165, 1.54) is 0 Å². The van der Waals surface area contributed by atoms with Gasteiger partial charge in [0.2, 0.25) is 5.91 Å². The van der Waals surface area contributed by atoms with Gasteiger partial charge in [0.15, 0.2) is 11.5 Å². The molecule has 3 aromatic rings. The van der Waals surface area contributed by atoms with E-state index in [1.807, 2.05) is 54.3 Å². The largest absolute Gasteiger partial charge is 0.367 e. The van der Waals surface area contributed by atoms with Gasteiger partial charge in [-0.2, -0.15) is 0 Å². The summed E-state index contributed by atoms with van der Waals surface area (Å²) in [6, 6.07) is 12.9. The molecule has 1 N–H and O–H groups in total. The lowest BCUT2D eigenvalue weighted by molar-refractivity contribution is -0.119. The molecule has 0 bridgehead atoms. The molecule has 4 atom stereocenters. The van der Waals surface area contributed by atoms with Crippen LogP contribution in [0.25, 0.3) is 0 Å². The van der Waals surface area contributed by atoms with Crippen molar-refractivity contribution in [2.75, 3.05) is 28.0 Å². The number of pyridine rings is 2. The van der Waals surface area contributed by atoms with Gasteiger partial charge in [-0.15, -0.1) is 0 Å². The molecule has 186 valence electrons. The van der Waals surface area contributed by atoms with Crippen molar-refractivity contribution in [3.05, 3.63) is 71.5 Å². The minimum Gasteiger partial charge on any atom is -0.367 e. The van der Waals surface area contributed by atoms with Gasteiger partial charge in [-0.1, -0.05) is 18.2 Å². The Kier molecular flexibility index (Phi) is 5.21. The van der Waals surface area contributed by atoms with E-state index in [4.69, 9.17) is 4.98 Å². The summed E-state index contributed by atoms with van der Waals surface area (Å²) in [5.41, 5.74) is 1.69. The van der Waals surface area contributed by atoms with E-state index in [0.29, 0.717) is 22.3 Å². The van der Waals surface area contributed by atoms with Gasteiger partial charge >= 0.3 is 0 Å². The van der Waals surface area contributed by atoms with Crippen LogP contribution in [0.15, 0.2) is 59.8 Å². The Balaban J connectivity index is 1.57. The monoisotopic (exact) mass is 503 g/mol. The molecule has 0 saturated heterocycles. The van der Waals surface area contributed by atoms with Crippen molar-refractivity contribution >= 4 is 34.0 Å². The number of likely N-dealkylation sites (N-methyl/N-ethyl adjacent to an activating group) is 1. The molecule has 1 aliphatic carbocycles. The number of aromatic nitrogens is 2. The number of hydrogen-bond donors (Lipinski definition) is 1. The van der Waals surface area contributed by atoms with E-state index in [-0.39, 0.29) is 18.0 Å². The third-order valence-corrected chi connectivity index (χ3v) is 8.56. The Morgan fingerprint density at radius 2 is 1.92 bits per heavy atom. The zero-order chi connectivity index (χ0) is 25.4. The second kappa shape index (κ2) is 8.11. The van der Waals surface area contributed by atoms with E-state index >= 15 is 0 Å². The minimum atomic E-state index is -1.48. The first kappa shape index (κ1) is 23.1. The third kappa shape index (κ3) is 3.29. The zero-order valence-electron chi connectivity index (χ0n) is 20.8. The van der Waals surface area contributed by atoms with Crippen LogP contribution in [0.3, 0.4) is 0 Å². The zero-order valence-corrected chi connectivity index (χ0v) is 21.6. The Morgan fingerprint density at radius 3 is 2.58 bits per heavy atom. The minimum absolute atomic E-state index is 0.0489. The standard InChI is InChI=1S/C27H29N5O3S/c1-16-26(33)30(3)20-12-13-22(29-25(20)31(16)18-10-11-18)32-24(17-7-6-14-28-15-17)19-8-5-9-21(36(4)35)23(19)27(32,2)34/h5-9,12-16,18,24,34H,10-11H2,1-4H3. The molecule has 3 aliphatic rings. The maximum atomic E-state index is 12.9. The summed E-state index contributed by atoms with van der Waals surface area (Å²) >= 11 is 0. The first-order valence-corrected chi connectivity index (χ1v) is 13.7. The van der Waals surface area contributed by atoms with Crippen molar-refractivity contribution in [2.24, 2.45) is 0 Å². The molecule has 4 heterocycles. The Labute approximate surface area is 213 Å². The van der Waals surface area contributed by atoms with Crippen molar-refractivity contribution in [1.29, 1.82) is 0 Å². The van der Waals surface area contributed by atoms with Crippen molar-refractivity contribution in [1.82, 2.24) is 9.97 Å². The number of anilines is 3. The Hall–Kier alpha value is -3.30. The maximum Gasteiger partial charge on any atom is 0.249 e. The van der Waals surface area contributed by atoms with Crippen LogP contribution in [0.4, 0.5) is 17.3 Å². The van der Waals surface area contributed by atoms with E-state index in [0.717, 1.165) is 35.5 Å². The maximum absolute atomic E-state index is 12.9. The molecule has 2 aliphatic heterocycles. The number of carbonyl (C=O) groups is 1. The fourth-order valence-electron chi connectivity index (χ4n) is 5.82. The molecule has 6 rings (SSSR count). The summed E-state index contributed by atoms with van der Waals surface area (Å²) in [5.74, 6) is 1.38. The highest BCUT2D eigenvalue weighted by Gasteiger charge is 2.50. The molecule has 8 nitrogen and oxygen atoms in total. The molecule has 1 amide bonds. The summed E-state index contributed by atoms with van der Waals surface area (Å²) in [5, 5.41) is 12.1. The van der Waals surface area contributed by atoms with Crippen LogP contribution in [-0.2, 0) is 21.3 Å². The van der Waals surface area contributed by atoms with Crippen LogP contribution in [-0.4, -0.2) is 50.6 Å². The fourth-order valence-corrected chi connectivity index (χ4v) is 6.68. The molecule has 0 radical (unpaired) electrons. The van der Waals surface area contributed by atoms with Gasteiger partial charge < -0.3 is 19.8 Å². The van der Waals surface area contributed by atoms with E-state index in [2.05, 4.69) is 9.88 Å². The second-order valence-electron chi connectivity index (χ2n) is 9.98. The lowest BCUT2D eigenvalue weighted by atomic mass is 9.97. The van der Waals surface area contributed by atoms with Gasteiger partial charge in [0.05, 0.1) is 22.5 Å².